The molecule has 0 rings (SSSR count). The Morgan fingerprint density at radius 3 is 2.35 bits per heavy atom. The van der Waals surface area contributed by atoms with Crippen LogP contribution in [-0.4, -0.2) is 67.6 Å². The van der Waals surface area contributed by atoms with Gasteiger partial charge in [0, 0.05) is 39.6 Å². The van der Waals surface area contributed by atoms with Crippen LogP contribution in [0.25, 0.3) is 0 Å². The van der Waals surface area contributed by atoms with Crippen molar-refractivity contribution < 1.29 is 29.3 Å². The van der Waals surface area contributed by atoms with E-state index in [2.05, 4.69) is 16.0 Å². The van der Waals surface area contributed by atoms with Crippen LogP contribution in [0.15, 0.2) is 0 Å². The van der Waals surface area contributed by atoms with Crippen molar-refractivity contribution in [2.45, 2.75) is 18.9 Å². The summed E-state index contributed by atoms with van der Waals surface area (Å²) in [6.07, 6.45) is -1.45. The lowest BCUT2D eigenvalue weighted by Crippen LogP contribution is -2.39. The summed E-state index contributed by atoms with van der Waals surface area (Å²) in [4.78, 5) is 32.8. The first kappa shape index (κ1) is 18.1. The largest absolute Gasteiger partial charge is 0.479 e. The summed E-state index contributed by atoms with van der Waals surface area (Å²) in [6.45, 7) is 1.02. The number of carboxylic acid groups (broad SMARTS) is 1. The van der Waals surface area contributed by atoms with Gasteiger partial charge in [-0.2, -0.15) is 0 Å². The van der Waals surface area contributed by atoms with Crippen molar-refractivity contribution in [2.75, 3.05) is 33.4 Å². The van der Waals surface area contributed by atoms with Gasteiger partial charge in [-0.15, -0.1) is 0 Å². The predicted octanol–water partition coefficient (Wildman–Crippen LogP) is -1.73. The molecule has 0 aromatic carbocycles. The van der Waals surface area contributed by atoms with E-state index in [1.807, 2.05) is 0 Å². The molecule has 0 saturated heterocycles. The van der Waals surface area contributed by atoms with E-state index in [9.17, 15) is 14.4 Å². The molecule has 1 atom stereocenters. The molecular weight excluding hydrogens is 270 g/mol. The Balaban J connectivity index is 3.54. The summed E-state index contributed by atoms with van der Waals surface area (Å²) in [6, 6.07) is -0.521. The Labute approximate surface area is 116 Å². The second-order valence-corrected chi connectivity index (χ2v) is 3.92. The minimum absolute atomic E-state index is 0.0271. The summed E-state index contributed by atoms with van der Waals surface area (Å²) in [5.74, 6) is -1.54. The lowest BCUT2D eigenvalue weighted by molar-refractivity contribution is -0.146. The monoisotopic (exact) mass is 291 g/mol. The third-order valence-electron chi connectivity index (χ3n) is 2.25. The number of methoxy groups -OCH3 is 1. The van der Waals surface area contributed by atoms with Crippen LogP contribution in [0.1, 0.15) is 12.8 Å². The normalized spacial score (nSPS) is 11.5. The molecule has 5 N–H and O–H groups in total. The number of rotatable bonds is 10. The topological polar surface area (TPSA) is 137 Å². The number of aliphatic hydroxyl groups excluding tert-OH is 1. The average molecular weight is 291 g/mol. The highest BCUT2D eigenvalue weighted by atomic mass is 16.5. The fraction of sp³-hybridized carbons (Fsp3) is 0.727. The molecule has 3 amide bonds. The van der Waals surface area contributed by atoms with Crippen molar-refractivity contribution in [3.8, 4) is 0 Å². The fourth-order valence-electron chi connectivity index (χ4n) is 1.18. The molecule has 20 heavy (non-hydrogen) atoms. The van der Waals surface area contributed by atoms with E-state index in [4.69, 9.17) is 14.9 Å². The summed E-state index contributed by atoms with van der Waals surface area (Å²) in [7, 11) is 1.53. The van der Waals surface area contributed by atoms with E-state index >= 15 is 0 Å². The van der Waals surface area contributed by atoms with Gasteiger partial charge >= 0.3 is 12.0 Å². The minimum atomic E-state index is -1.50. The number of nitrogens with one attached hydrogen (secondary N) is 3. The lowest BCUT2D eigenvalue weighted by Gasteiger charge is -2.09. The number of ether oxygens (including phenoxy) is 1. The molecule has 0 aliphatic carbocycles. The van der Waals surface area contributed by atoms with Crippen molar-refractivity contribution in [2.24, 2.45) is 0 Å². The molecule has 0 radical (unpaired) electrons. The van der Waals surface area contributed by atoms with Crippen LogP contribution in [0.5, 0.6) is 0 Å². The van der Waals surface area contributed by atoms with E-state index in [0.717, 1.165) is 0 Å². The molecule has 0 aromatic rings. The number of hydrogen-bond donors (Lipinski definition) is 5. The first-order chi connectivity index (χ1) is 9.47. The van der Waals surface area contributed by atoms with Crippen molar-refractivity contribution in [1.82, 2.24) is 16.0 Å². The number of carbonyl (C=O) groups is 3. The van der Waals surface area contributed by atoms with Crippen LogP contribution in [-0.2, 0) is 14.3 Å². The lowest BCUT2D eigenvalue weighted by atomic mass is 10.2. The second-order valence-electron chi connectivity index (χ2n) is 3.92. The summed E-state index contributed by atoms with van der Waals surface area (Å²) >= 11 is 0. The second kappa shape index (κ2) is 11.0. The van der Waals surface area contributed by atoms with Gasteiger partial charge in [0.15, 0.2) is 6.10 Å². The molecule has 9 nitrogen and oxygen atoms in total. The number of aliphatic carboxylic acids is 1. The van der Waals surface area contributed by atoms with E-state index in [-0.39, 0.29) is 31.8 Å². The average Bonchev–Trinajstić information content (AvgIpc) is 2.38. The molecule has 9 heteroatoms. The highest BCUT2D eigenvalue weighted by molar-refractivity contribution is 5.78. The molecule has 116 valence electrons. The van der Waals surface area contributed by atoms with Crippen molar-refractivity contribution in [3.05, 3.63) is 0 Å². The van der Waals surface area contributed by atoms with Gasteiger partial charge < -0.3 is 30.9 Å². The molecule has 0 bridgehead atoms. The van der Waals surface area contributed by atoms with Crippen LogP contribution < -0.4 is 16.0 Å². The number of amides is 3. The van der Waals surface area contributed by atoms with Gasteiger partial charge in [-0.1, -0.05) is 0 Å². The van der Waals surface area contributed by atoms with Gasteiger partial charge in [0.2, 0.25) is 5.91 Å². The highest BCUT2D eigenvalue weighted by Crippen LogP contribution is 1.89. The molecule has 0 aromatic heterocycles. The maximum atomic E-state index is 11.2. The first-order valence-electron chi connectivity index (χ1n) is 6.15. The van der Waals surface area contributed by atoms with E-state index in [0.29, 0.717) is 13.2 Å². The molecule has 0 fully saturated rings. The number of carbonyl (C=O) groups excluding carboxylic acids is 2. The standard InChI is InChI=1S/C11H21N3O6/c1-20-7-6-12-9(16)3-5-14-11(19)13-4-2-8(15)10(17)18/h8,15H,2-7H2,1H3,(H,12,16)(H,17,18)(H2,13,14,19)/t8-/m0/s1. The highest BCUT2D eigenvalue weighted by Gasteiger charge is 2.12. The maximum Gasteiger partial charge on any atom is 0.332 e. The Kier molecular flexibility index (Phi) is 9.97. The van der Waals surface area contributed by atoms with Crippen LogP contribution in [0.2, 0.25) is 0 Å². The van der Waals surface area contributed by atoms with E-state index in [1.54, 1.807) is 0 Å². The van der Waals surface area contributed by atoms with Crippen molar-refractivity contribution >= 4 is 17.9 Å². The SMILES string of the molecule is COCCNC(=O)CCNC(=O)NCC[C@H](O)C(=O)O. The molecule has 0 saturated carbocycles. The molecule has 0 aliphatic rings. The van der Waals surface area contributed by atoms with Gasteiger partial charge in [0.05, 0.1) is 6.61 Å². The van der Waals surface area contributed by atoms with Crippen LogP contribution in [0, 0.1) is 0 Å². The maximum absolute atomic E-state index is 11.2. The number of carboxylic acids is 1. The number of urea groups is 1. The summed E-state index contributed by atoms with van der Waals surface area (Å²) in [5, 5.41) is 24.8. The van der Waals surface area contributed by atoms with Crippen LogP contribution >= 0.6 is 0 Å². The van der Waals surface area contributed by atoms with Crippen molar-refractivity contribution in [1.29, 1.82) is 0 Å². The fourth-order valence-corrected chi connectivity index (χ4v) is 1.18. The number of aliphatic hydroxyl groups is 1. The Hall–Kier alpha value is -1.87. The van der Waals surface area contributed by atoms with Crippen LogP contribution in [0.4, 0.5) is 4.79 Å². The van der Waals surface area contributed by atoms with Crippen LogP contribution in [0.3, 0.4) is 0 Å². The van der Waals surface area contributed by atoms with Gasteiger partial charge in [-0.05, 0) is 0 Å². The zero-order valence-corrected chi connectivity index (χ0v) is 11.3. The predicted molar refractivity (Wildman–Crippen MR) is 69.2 cm³/mol. The zero-order valence-electron chi connectivity index (χ0n) is 11.3. The quantitative estimate of drug-likeness (QED) is 0.303. The van der Waals surface area contributed by atoms with Gasteiger partial charge in [0.25, 0.3) is 0 Å². The molecule has 0 heterocycles. The summed E-state index contributed by atoms with van der Waals surface area (Å²) in [5.41, 5.74) is 0. The summed E-state index contributed by atoms with van der Waals surface area (Å²) < 4.78 is 4.76. The van der Waals surface area contributed by atoms with E-state index in [1.165, 1.54) is 7.11 Å². The van der Waals surface area contributed by atoms with Gasteiger partial charge in [-0.25, -0.2) is 9.59 Å². The van der Waals surface area contributed by atoms with Crippen molar-refractivity contribution in [3.63, 3.8) is 0 Å². The third-order valence-corrected chi connectivity index (χ3v) is 2.25. The Bertz CT molecular complexity index is 323. The molecule has 0 spiro atoms. The molecular formula is C11H21N3O6. The van der Waals surface area contributed by atoms with Gasteiger partial charge in [-0.3, -0.25) is 4.79 Å². The smallest absolute Gasteiger partial charge is 0.332 e. The van der Waals surface area contributed by atoms with Gasteiger partial charge in [0.1, 0.15) is 0 Å². The number of hydrogen-bond acceptors (Lipinski definition) is 5. The Morgan fingerprint density at radius 1 is 1.10 bits per heavy atom. The third kappa shape index (κ3) is 10.1. The zero-order chi connectivity index (χ0) is 15.4. The molecule has 0 unspecified atom stereocenters. The van der Waals surface area contributed by atoms with E-state index < -0.39 is 18.1 Å². The molecule has 0 aliphatic heterocycles. The minimum Gasteiger partial charge on any atom is -0.479 e. The first-order valence-corrected chi connectivity index (χ1v) is 6.15. The Morgan fingerprint density at radius 2 is 1.75 bits per heavy atom.